The summed E-state index contributed by atoms with van der Waals surface area (Å²) in [7, 11) is 0. The van der Waals surface area contributed by atoms with Gasteiger partial charge in [0.15, 0.2) is 0 Å². The van der Waals surface area contributed by atoms with Crippen LogP contribution in [0.1, 0.15) is 42.9 Å². The van der Waals surface area contributed by atoms with E-state index in [1.54, 1.807) is 0 Å². The van der Waals surface area contributed by atoms with Crippen molar-refractivity contribution >= 4 is 28.3 Å². The van der Waals surface area contributed by atoms with Crippen LogP contribution in [-0.4, -0.2) is 0 Å². The molecule has 0 saturated carbocycles. The molecule has 0 amide bonds. The molecule has 0 fully saturated rings. The topological polar surface area (TPSA) is 12.0 Å². The maximum absolute atomic E-state index is 3.68. The minimum Gasteiger partial charge on any atom is -0.378 e. The Balaban J connectivity index is 1.86. The zero-order valence-corrected chi connectivity index (χ0v) is 13.2. The molecule has 0 heterocycles. The average molecular weight is 363 g/mol. The maximum Gasteiger partial charge on any atom is 0.0516 e. The van der Waals surface area contributed by atoms with E-state index >= 15 is 0 Å². The van der Waals surface area contributed by atoms with E-state index in [1.807, 2.05) is 0 Å². The predicted molar refractivity (Wildman–Crippen MR) is 89.6 cm³/mol. The van der Waals surface area contributed by atoms with Crippen LogP contribution in [0.2, 0.25) is 0 Å². The minimum absolute atomic E-state index is 0.451. The van der Waals surface area contributed by atoms with E-state index < -0.39 is 0 Å². The van der Waals surface area contributed by atoms with Gasteiger partial charge < -0.3 is 5.32 Å². The number of halogens is 1. The summed E-state index contributed by atoms with van der Waals surface area (Å²) in [5.41, 5.74) is 4.20. The third kappa shape index (κ3) is 2.78. The van der Waals surface area contributed by atoms with Crippen molar-refractivity contribution in [2.75, 3.05) is 5.32 Å². The van der Waals surface area contributed by atoms with Gasteiger partial charge in [0.2, 0.25) is 0 Å². The van der Waals surface area contributed by atoms with Crippen LogP contribution in [0.15, 0.2) is 48.5 Å². The Bertz CT molecular complexity index is 562. The average Bonchev–Trinajstić information content (AvgIpc) is 2.45. The van der Waals surface area contributed by atoms with Crippen LogP contribution in [-0.2, 0) is 0 Å². The van der Waals surface area contributed by atoms with E-state index in [9.17, 15) is 0 Å². The number of nitrogens with one attached hydrogen (secondary N) is 1. The Morgan fingerprint density at radius 2 is 1.63 bits per heavy atom. The molecule has 19 heavy (non-hydrogen) atoms. The zero-order valence-electron chi connectivity index (χ0n) is 11.1. The first-order valence-corrected chi connectivity index (χ1v) is 7.93. The van der Waals surface area contributed by atoms with E-state index in [4.69, 9.17) is 0 Å². The molecule has 1 N–H and O–H groups in total. The van der Waals surface area contributed by atoms with Gasteiger partial charge in [0, 0.05) is 9.26 Å². The highest BCUT2D eigenvalue weighted by Crippen LogP contribution is 2.38. The number of anilines is 1. The Kier molecular flexibility index (Phi) is 3.78. The van der Waals surface area contributed by atoms with Gasteiger partial charge in [0.1, 0.15) is 0 Å². The van der Waals surface area contributed by atoms with Gasteiger partial charge in [-0.05, 0) is 76.7 Å². The molecule has 3 rings (SSSR count). The lowest BCUT2D eigenvalue weighted by Crippen LogP contribution is -2.19. The van der Waals surface area contributed by atoms with Gasteiger partial charge in [0.25, 0.3) is 0 Å². The Labute approximate surface area is 128 Å². The fourth-order valence-electron chi connectivity index (χ4n) is 2.90. The molecular weight excluding hydrogens is 345 g/mol. The minimum atomic E-state index is 0.451. The quantitative estimate of drug-likeness (QED) is 0.710. The second kappa shape index (κ2) is 5.53. The van der Waals surface area contributed by atoms with Crippen LogP contribution >= 0.6 is 22.6 Å². The number of benzene rings is 2. The number of fused-ring (bicyclic) bond motifs is 1. The first-order chi connectivity index (χ1) is 9.24. The third-order valence-electron chi connectivity index (χ3n) is 3.98. The first-order valence-electron chi connectivity index (χ1n) is 6.85. The van der Waals surface area contributed by atoms with E-state index in [0.29, 0.717) is 12.0 Å². The molecule has 1 aliphatic carbocycles. The van der Waals surface area contributed by atoms with Crippen LogP contribution in [0.25, 0.3) is 0 Å². The van der Waals surface area contributed by atoms with Crippen LogP contribution in [0, 0.1) is 3.57 Å². The molecule has 2 unspecified atom stereocenters. The van der Waals surface area contributed by atoms with Gasteiger partial charge in [-0.1, -0.05) is 31.2 Å². The number of hydrogen-bond acceptors (Lipinski definition) is 1. The summed E-state index contributed by atoms with van der Waals surface area (Å²) >= 11 is 2.34. The van der Waals surface area contributed by atoms with E-state index in [2.05, 4.69) is 83.4 Å². The maximum atomic E-state index is 3.68. The van der Waals surface area contributed by atoms with Crippen LogP contribution in [0.4, 0.5) is 5.69 Å². The normalized spacial score (nSPS) is 21.8. The summed E-state index contributed by atoms with van der Waals surface area (Å²) in [6.45, 7) is 2.33. The smallest absolute Gasteiger partial charge is 0.0516 e. The monoisotopic (exact) mass is 363 g/mol. The van der Waals surface area contributed by atoms with Crippen LogP contribution < -0.4 is 5.32 Å². The van der Waals surface area contributed by atoms with Gasteiger partial charge in [-0.3, -0.25) is 0 Å². The summed E-state index contributed by atoms with van der Waals surface area (Å²) in [6.07, 6.45) is 2.48. The molecule has 0 aromatic heterocycles. The molecule has 0 aliphatic heterocycles. The molecule has 2 aromatic rings. The molecule has 0 spiro atoms. The van der Waals surface area contributed by atoms with Crippen molar-refractivity contribution in [2.45, 2.75) is 31.7 Å². The highest BCUT2D eigenvalue weighted by molar-refractivity contribution is 14.1. The van der Waals surface area contributed by atoms with Gasteiger partial charge >= 0.3 is 0 Å². The summed E-state index contributed by atoms with van der Waals surface area (Å²) in [5.74, 6) is 0.686. The van der Waals surface area contributed by atoms with Gasteiger partial charge in [-0.25, -0.2) is 0 Å². The summed E-state index contributed by atoms with van der Waals surface area (Å²) in [5, 5.41) is 3.68. The van der Waals surface area contributed by atoms with Gasteiger partial charge in [-0.2, -0.15) is 0 Å². The Morgan fingerprint density at radius 1 is 0.947 bits per heavy atom. The SMILES string of the molecule is CC1CCC(Nc2ccc(I)cc2)c2ccccc21. The van der Waals surface area contributed by atoms with Crippen LogP contribution in [0.5, 0.6) is 0 Å². The second-order valence-electron chi connectivity index (χ2n) is 5.31. The highest BCUT2D eigenvalue weighted by atomic mass is 127. The van der Waals surface area contributed by atoms with E-state index in [-0.39, 0.29) is 0 Å². The highest BCUT2D eigenvalue weighted by Gasteiger charge is 2.23. The Hall–Kier alpha value is -1.03. The summed E-state index contributed by atoms with van der Waals surface area (Å²) in [6, 6.07) is 18.0. The summed E-state index contributed by atoms with van der Waals surface area (Å²) < 4.78 is 1.28. The molecule has 2 heteroatoms. The molecule has 0 saturated heterocycles. The van der Waals surface area contributed by atoms with E-state index in [0.717, 1.165) is 0 Å². The van der Waals surface area contributed by atoms with Crippen molar-refractivity contribution < 1.29 is 0 Å². The molecule has 1 nitrogen and oxygen atoms in total. The Morgan fingerprint density at radius 3 is 2.37 bits per heavy atom. The lowest BCUT2D eigenvalue weighted by molar-refractivity contribution is 0.534. The lowest BCUT2D eigenvalue weighted by atomic mass is 9.81. The molecule has 2 atom stereocenters. The standard InChI is InChI=1S/C17H18IN/c1-12-6-11-17(16-5-3-2-4-15(12)16)19-14-9-7-13(18)8-10-14/h2-5,7-10,12,17,19H,6,11H2,1H3. The van der Waals surface area contributed by atoms with Crippen molar-refractivity contribution in [1.82, 2.24) is 0 Å². The molecule has 98 valence electrons. The molecule has 1 aliphatic rings. The van der Waals surface area contributed by atoms with Crippen molar-refractivity contribution in [1.29, 1.82) is 0 Å². The van der Waals surface area contributed by atoms with Crippen molar-refractivity contribution in [3.8, 4) is 0 Å². The summed E-state index contributed by atoms with van der Waals surface area (Å²) in [4.78, 5) is 0. The predicted octanol–water partition coefficient (Wildman–Crippen LogP) is 5.34. The van der Waals surface area contributed by atoms with Crippen LogP contribution in [0.3, 0.4) is 0 Å². The molecule has 2 aromatic carbocycles. The molecular formula is C17H18IN. The lowest BCUT2D eigenvalue weighted by Gasteiger charge is -2.31. The van der Waals surface area contributed by atoms with Gasteiger partial charge in [0.05, 0.1) is 6.04 Å². The zero-order chi connectivity index (χ0) is 13.2. The fourth-order valence-corrected chi connectivity index (χ4v) is 3.26. The number of rotatable bonds is 2. The molecule has 0 radical (unpaired) electrons. The van der Waals surface area contributed by atoms with Crippen molar-refractivity contribution in [2.24, 2.45) is 0 Å². The molecule has 0 bridgehead atoms. The fraction of sp³-hybridized carbons (Fsp3) is 0.294. The third-order valence-corrected chi connectivity index (χ3v) is 4.69. The second-order valence-corrected chi connectivity index (χ2v) is 6.56. The van der Waals surface area contributed by atoms with Gasteiger partial charge in [-0.15, -0.1) is 0 Å². The van der Waals surface area contributed by atoms with Crippen molar-refractivity contribution in [3.05, 3.63) is 63.2 Å². The first kappa shape index (κ1) is 13.0. The largest absolute Gasteiger partial charge is 0.378 e. The van der Waals surface area contributed by atoms with E-state index in [1.165, 1.54) is 33.2 Å². The number of hydrogen-bond donors (Lipinski definition) is 1. The van der Waals surface area contributed by atoms with Crippen molar-refractivity contribution in [3.63, 3.8) is 0 Å².